The molecule has 0 aliphatic rings. The zero-order valence-electron chi connectivity index (χ0n) is 5.93. The summed E-state index contributed by atoms with van der Waals surface area (Å²) in [6, 6.07) is 0. The highest BCUT2D eigenvalue weighted by atomic mass is 35.5. The largest absolute Gasteiger partial charge is 0.345 e. The molecule has 0 bridgehead atoms. The lowest BCUT2D eigenvalue weighted by molar-refractivity contribution is 0.980. The number of hydrogen-bond donors (Lipinski definition) is 1. The van der Waals surface area contributed by atoms with E-state index in [1.165, 1.54) is 18.0 Å². The molecule has 5 heteroatoms. The third-order valence-corrected chi connectivity index (χ3v) is 2.32. The van der Waals surface area contributed by atoms with Crippen molar-refractivity contribution in [2.45, 2.75) is 11.9 Å². The Bertz CT molecular complexity index is 299. The van der Waals surface area contributed by atoms with E-state index in [0.29, 0.717) is 10.0 Å². The molecular formula is C6H7ClN2OS. The van der Waals surface area contributed by atoms with E-state index in [1.54, 1.807) is 0 Å². The van der Waals surface area contributed by atoms with Crippen molar-refractivity contribution in [1.29, 1.82) is 0 Å². The number of aromatic nitrogens is 2. The van der Waals surface area contributed by atoms with Gasteiger partial charge in [0.25, 0.3) is 0 Å². The molecule has 11 heavy (non-hydrogen) atoms. The summed E-state index contributed by atoms with van der Waals surface area (Å²) in [7, 11) is 0. The fourth-order valence-electron chi connectivity index (χ4n) is 0.612. The molecule has 0 aliphatic heterocycles. The zero-order valence-corrected chi connectivity index (χ0v) is 7.50. The number of hydrogen-bond acceptors (Lipinski definition) is 3. The molecule has 1 heterocycles. The quantitative estimate of drug-likeness (QED) is 0.569. The molecule has 3 nitrogen and oxygen atoms in total. The third kappa shape index (κ3) is 2.24. The molecule has 0 atom stereocenters. The Kier molecular flexibility index (Phi) is 2.96. The van der Waals surface area contributed by atoms with Gasteiger partial charge in [-0.15, -0.1) is 11.8 Å². The summed E-state index contributed by atoms with van der Waals surface area (Å²) in [6.45, 7) is 1.99. The van der Waals surface area contributed by atoms with Crippen LogP contribution in [0.5, 0.6) is 0 Å². The molecule has 0 spiro atoms. The number of nitrogens with zero attached hydrogens (tertiary/aromatic N) is 1. The van der Waals surface area contributed by atoms with Gasteiger partial charge >= 0.3 is 5.69 Å². The lowest BCUT2D eigenvalue weighted by Gasteiger charge is -1.98. The van der Waals surface area contributed by atoms with Crippen LogP contribution in [0.1, 0.15) is 6.92 Å². The van der Waals surface area contributed by atoms with Crippen LogP contribution in [0.2, 0.25) is 5.02 Å². The van der Waals surface area contributed by atoms with Gasteiger partial charge in [0.15, 0.2) is 0 Å². The molecule has 0 radical (unpaired) electrons. The minimum Gasteiger partial charge on any atom is -0.299 e. The SMILES string of the molecule is CCSc1[nH]c(=O)ncc1Cl. The second kappa shape index (κ2) is 3.78. The molecule has 1 rings (SSSR count). The van der Waals surface area contributed by atoms with Crippen LogP contribution >= 0.6 is 23.4 Å². The molecule has 0 unspecified atom stereocenters. The van der Waals surface area contributed by atoms with Crippen molar-refractivity contribution >= 4 is 23.4 Å². The summed E-state index contributed by atoms with van der Waals surface area (Å²) in [6.07, 6.45) is 1.36. The molecular weight excluding hydrogens is 184 g/mol. The van der Waals surface area contributed by atoms with Crippen molar-refractivity contribution in [3.8, 4) is 0 Å². The van der Waals surface area contributed by atoms with Crippen LogP contribution in [0.3, 0.4) is 0 Å². The van der Waals surface area contributed by atoms with E-state index >= 15 is 0 Å². The number of aromatic amines is 1. The lowest BCUT2D eigenvalue weighted by Crippen LogP contribution is -2.09. The normalized spacial score (nSPS) is 10.0. The molecule has 0 aliphatic carbocycles. The number of rotatable bonds is 2. The monoisotopic (exact) mass is 190 g/mol. The fourth-order valence-corrected chi connectivity index (χ4v) is 1.51. The van der Waals surface area contributed by atoms with E-state index in [1.807, 2.05) is 6.92 Å². The first kappa shape index (κ1) is 8.62. The minimum absolute atomic E-state index is 0.356. The predicted molar refractivity (Wildman–Crippen MR) is 46.3 cm³/mol. The highest BCUT2D eigenvalue weighted by Crippen LogP contribution is 2.21. The summed E-state index contributed by atoms with van der Waals surface area (Å²) in [5, 5.41) is 1.19. The van der Waals surface area contributed by atoms with Gasteiger partial charge in [-0.3, -0.25) is 4.98 Å². The fraction of sp³-hybridized carbons (Fsp3) is 0.333. The van der Waals surface area contributed by atoms with Gasteiger partial charge in [0.1, 0.15) is 0 Å². The van der Waals surface area contributed by atoms with E-state index in [9.17, 15) is 4.79 Å². The highest BCUT2D eigenvalue weighted by Gasteiger charge is 1.99. The standard InChI is InChI=1S/C6H7ClN2OS/c1-2-11-5-4(7)3-8-6(10)9-5/h3H,2H2,1H3,(H,8,9,10). The Balaban J connectivity index is 3.02. The minimum atomic E-state index is -0.356. The number of nitrogens with one attached hydrogen (secondary N) is 1. The highest BCUT2D eigenvalue weighted by molar-refractivity contribution is 7.99. The van der Waals surface area contributed by atoms with Gasteiger partial charge in [-0.25, -0.2) is 9.78 Å². The van der Waals surface area contributed by atoms with Crippen molar-refractivity contribution in [2.24, 2.45) is 0 Å². The van der Waals surface area contributed by atoms with Crippen molar-refractivity contribution in [3.63, 3.8) is 0 Å². The van der Waals surface area contributed by atoms with Crippen LogP contribution in [-0.4, -0.2) is 15.7 Å². The molecule has 0 fully saturated rings. The maximum absolute atomic E-state index is 10.7. The average Bonchev–Trinajstić information content (AvgIpc) is 1.98. The first-order chi connectivity index (χ1) is 5.24. The summed E-state index contributed by atoms with van der Waals surface area (Å²) >= 11 is 7.21. The van der Waals surface area contributed by atoms with E-state index in [2.05, 4.69) is 9.97 Å². The molecule has 0 amide bonds. The summed E-state index contributed by atoms with van der Waals surface area (Å²) in [5.74, 6) is 0.875. The van der Waals surface area contributed by atoms with Crippen LogP contribution in [0.15, 0.2) is 16.0 Å². The molecule has 1 aromatic rings. The predicted octanol–water partition coefficient (Wildman–Crippen LogP) is 1.54. The molecule has 1 N–H and O–H groups in total. The zero-order chi connectivity index (χ0) is 8.27. The number of thioether (sulfide) groups is 1. The van der Waals surface area contributed by atoms with E-state index in [4.69, 9.17) is 11.6 Å². The Morgan fingerprint density at radius 1 is 1.82 bits per heavy atom. The van der Waals surface area contributed by atoms with E-state index in [-0.39, 0.29) is 5.69 Å². The number of halogens is 1. The van der Waals surface area contributed by atoms with E-state index in [0.717, 1.165) is 5.75 Å². The number of H-pyrrole nitrogens is 1. The van der Waals surface area contributed by atoms with Crippen LogP contribution in [0.25, 0.3) is 0 Å². The molecule has 60 valence electrons. The van der Waals surface area contributed by atoms with Gasteiger partial charge in [-0.2, -0.15) is 0 Å². The Labute approximate surface area is 73.2 Å². The van der Waals surface area contributed by atoms with Crippen LogP contribution in [0.4, 0.5) is 0 Å². The van der Waals surface area contributed by atoms with Crippen molar-refractivity contribution in [3.05, 3.63) is 21.7 Å². The van der Waals surface area contributed by atoms with Gasteiger partial charge in [0, 0.05) is 0 Å². The smallest absolute Gasteiger partial charge is 0.299 e. The van der Waals surface area contributed by atoms with Gasteiger partial charge in [-0.1, -0.05) is 18.5 Å². The van der Waals surface area contributed by atoms with Crippen LogP contribution < -0.4 is 5.69 Å². The Morgan fingerprint density at radius 3 is 3.18 bits per heavy atom. The lowest BCUT2D eigenvalue weighted by atomic mass is 10.7. The molecule has 0 saturated heterocycles. The first-order valence-electron chi connectivity index (χ1n) is 3.11. The second-order valence-corrected chi connectivity index (χ2v) is 3.48. The first-order valence-corrected chi connectivity index (χ1v) is 4.48. The molecule has 1 aromatic heterocycles. The summed E-state index contributed by atoms with van der Waals surface area (Å²) < 4.78 is 0. The Morgan fingerprint density at radius 2 is 2.55 bits per heavy atom. The Hall–Kier alpha value is -0.480. The van der Waals surface area contributed by atoms with Gasteiger partial charge in [-0.05, 0) is 5.75 Å². The van der Waals surface area contributed by atoms with Crippen LogP contribution in [0, 0.1) is 0 Å². The third-order valence-electron chi connectivity index (χ3n) is 1.02. The maximum Gasteiger partial charge on any atom is 0.345 e. The summed E-state index contributed by atoms with van der Waals surface area (Å²) in [4.78, 5) is 16.7. The van der Waals surface area contributed by atoms with Crippen LogP contribution in [-0.2, 0) is 0 Å². The summed E-state index contributed by atoms with van der Waals surface area (Å²) in [5.41, 5.74) is -0.356. The van der Waals surface area contributed by atoms with Gasteiger partial charge in [0.05, 0.1) is 16.2 Å². The van der Waals surface area contributed by atoms with Gasteiger partial charge in [0.2, 0.25) is 0 Å². The van der Waals surface area contributed by atoms with Crippen molar-refractivity contribution in [1.82, 2.24) is 9.97 Å². The maximum atomic E-state index is 10.7. The van der Waals surface area contributed by atoms with Crippen molar-refractivity contribution < 1.29 is 0 Å². The average molecular weight is 191 g/mol. The topological polar surface area (TPSA) is 45.8 Å². The van der Waals surface area contributed by atoms with E-state index < -0.39 is 0 Å². The van der Waals surface area contributed by atoms with Gasteiger partial charge < -0.3 is 0 Å². The molecule has 0 aromatic carbocycles. The van der Waals surface area contributed by atoms with Crippen molar-refractivity contribution in [2.75, 3.05) is 5.75 Å². The molecule has 0 saturated carbocycles. The second-order valence-electron chi connectivity index (χ2n) is 1.80.